The number of hydrogen-bond donors (Lipinski definition) is 1. The minimum absolute atomic E-state index is 0.0923. The number of aliphatic imine (C=N–C) groups is 1. The Bertz CT molecular complexity index is 636. The molecule has 0 fully saturated rings. The van der Waals surface area contributed by atoms with Gasteiger partial charge in [0.05, 0.1) is 11.3 Å². The molecule has 0 saturated carbocycles. The second kappa shape index (κ2) is 10.4. The first-order valence-corrected chi connectivity index (χ1v) is 26.8. The second-order valence-corrected chi connectivity index (χ2v) is 45.8. The molecule has 0 amide bonds. The van der Waals surface area contributed by atoms with Gasteiger partial charge in [-0.1, -0.05) is 30.2 Å². The molecule has 6 heteroatoms. The van der Waals surface area contributed by atoms with Gasteiger partial charge in [-0.05, 0) is 24.3 Å². The van der Waals surface area contributed by atoms with Crippen LogP contribution in [0, 0.1) is 12.3 Å². The van der Waals surface area contributed by atoms with E-state index >= 15 is 0 Å². The molecule has 108 valence electrons. The van der Waals surface area contributed by atoms with Crippen LogP contribution in [0.1, 0.15) is 11.1 Å². The van der Waals surface area contributed by atoms with E-state index in [4.69, 9.17) is 6.42 Å². The third-order valence-corrected chi connectivity index (χ3v) is 2.33. The third kappa shape index (κ3) is 7.46. The van der Waals surface area contributed by atoms with Gasteiger partial charge in [0.1, 0.15) is 5.75 Å². The van der Waals surface area contributed by atoms with Crippen LogP contribution in [-0.4, -0.2) is 11.3 Å². The molecule has 2 aromatic rings. The van der Waals surface area contributed by atoms with Crippen LogP contribution in [0.5, 0.6) is 5.75 Å². The van der Waals surface area contributed by atoms with E-state index in [1.807, 2.05) is 30.3 Å². The van der Waals surface area contributed by atoms with Crippen molar-refractivity contribution in [3.8, 4) is 18.1 Å². The molecule has 0 atom stereocenters. The van der Waals surface area contributed by atoms with Crippen molar-refractivity contribution < 1.29 is 17.1 Å². The number of nitrogens with zero attached hydrogens (tertiary/aromatic N) is 1. The number of para-hydroxylation sites is 2. The molecule has 0 unspecified atom stereocenters. The molecule has 2 rings (SSSR count). The first kappa shape index (κ1) is 18.7. The summed E-state index contributed by atoms with van der Waals surface area (Å²) in [6.45, 7) is 0. The zero-order valence-corrected chi connectivity index (χ0v) is 18.7. The Morgan fingerprint density at radius 3 is 2.24 bits per heavy atom. The summed E-state index contributed by atoms with van der Waals surface area (Å²) in [5, 5.41) is 9.83. The summed E-state index contributed by atoms with van der Waals surface area (Å²) in [5.41, 5.74) is 1.92. The number of halogens is 3. The van der Waals surface area contributed by atoms with E-state index in [0.29, 0.717) is 11.1 Å². The monoisotopic (exact) mass is 639 g/mol. The fourth-order valence-electron chi connectivity index (χ4n) is 1.44. The average molecular weight is 642 g/mol. The minimum atomic E-state index is -1.16. The van der Waals surface area contributed by atoms with Crippen LogP contribution in [0.2, 0.25) is 0 Å². The Labute approximate surface area is 149 Å². The zero-order valence-electron chi connectivity index (χ0n) is 10.7. The average Bonchev–Trinajstić information content (AvgIpc) is 2.47. The third-order valence-electron chi connectivity index (χ3n) is 2.33. The standard InChI is InChI=1S/C15H11NO.3BrH.Ta/c1-2-12-7-6-8-13(15(12)17)11-16-14-9-4-3-5-10-14;;;;/h1,3-11,17H;3*1H;/q;;;;+3/p-3. The fraction of sp³-hybridized carbons (Fsp3) is 0. The van der Waals surface area contributed by atoms with Gasteiger partial charge in [-0.25, -0.2) is 0 Å². The molecule has 0 bridgehead atoms. The molecular formula is C15H11Br3NOTa. The number of phenolic OH excluding ortho intramolecular Hbond substituents is 1. The van der Waals surface area contributed by atoms with Crippen molar-refractivity contribution in [1.29, 1.82) is 0 Å². The predicted octanol–water partition coefficient (Wildman–Crippen LogP) is 5.66. The Kier molecular flexibility index (Phi) is 9.25. The fourth-order valence-corrected chi connectivity index (χ4v) is 1.44. The molecule has 0 aliphatic heterocycles. The Morgan fingerprint density at radius 2 is 1.67 bits per heavy atom. The van der Waals surface area contributed by atoms with E-state index in [2.05, 4.69) is 50.0 Å². The van der Waals surface area contributed by atoms with Gasteiger partial charge in [0.2, 0.25) is 0 Å². The number of hydrogen-bond acceptors (Lipinski definition) is 2. The molecular weight excluding hydrogens is 631 g/mol. The van der Waals surface area contributed by atoms with E-state index in [1.165, 1.54) is 0 Å². The van der Waals surface area contributed by atoms with Gasteiger partial charge in [0, 0.05) is 11.8 Å². The van der Waals surface area contributed by atoms with Crippen LogP contribution in [0.25, 0.3) is 0 Å². The van der Waals surface area contributed by atoms with Gasteiger partial charge in [-0.15, -0.1) is 6.42 Å². The van der Waals surface area contributed by atoms with Crippen molar-refractivity contribution in [3.63, 3.8) is 0 Å². The normalized spacial score (nSPS) is 10.0. The summed E-state index contributed by atoms with van der Waals surface area (Å²) in [5.74, 6) is 2.51. The van der Waals surface area contributed by atoms with E-state index < -0.39 is 12.0 Å². The van der Waals surface area contributed by atoms with Crippen LogP contribution in [0.4, 0.5) is 5.69 Å². The Hall–Kier alpha value is -0.350. The van der Waals surface area contributed by atoms with E-state index in [0.717, 1.165) is 5.69 Å². The van der Waals surface area contributed by atoms with Crippen LogP contribution in [0.3, 0.4) is 0 Å². The van der Waals surface area contributed by atoms with Gasteiger partial charge in [-0.3, -0.25) is 4.99 Å². The molecule has 0 saturated heterocycles. The van der Waals surface area contributed by atoms with Crippen molar-refractivity contribution in [2.24, 2.45) is 4.99 Å². The van der Waals surface area contributed by atoms with Gasteiger partial charge < -0.3 is 5.11 Å². The Morgan fingerprint density at radius 1 is 1.05 bits per heavy atom. The number of terminal acetylenes is 1. The molecule has 0 aliphatic rings. The molecule has 21 heavy (non-hydrogen) atoms. The van der Waals surface area contributed by atoms with Crippen molar-refractivity contribution in [1.82, 2.24) is 0 Å². The number of phenols is 1. The summed E-state index contributed by atoms with van der Waals surface area (Å²) in [7, 11) is 0. The molecule has 2 nitrogen and oxygen atoms in total. The maximum absolute atomic E-state index is 9.83. The van der Waals surface area contributed by atoms with Gasteiger partial charge in [0.15, 0.2) is 0 Å². The van der Waals surface area contributed by atoms with E-state index in [-0.39, 0.29) is 5.75 Å². The van der Waals surface area contributed by atoms with Gasteiger partial charge in [-0.2, -0.15) is 0 Å². The van der Waals surface area contributed by atoms with Crippen molar-refractivity contribution >= 4 is 51.0 Å². The summed E-state index contributed by atoms with van der Waals surface area (Å²) < 4.78 is 0. The molecule has 0 heterocycles. The SMILES string of the molecule is C#Cc1cccc(C=Nc2ccccc2)c1O.[Br][Ta]([Br])[Br]. The number of benzene rings is 2. The van der Waals surface area contributed by atoms with Gasteiger partial charge >= 0.3 is 51.1 Å². The first-order chi connectivity index (χ1) is 10.0. The molecule has 0 aromatic heterocycles. The van der Waals surface area contributed by atoms with Gasteiger partial charge in [0.25, 0.3) is 0 Å². The maximum atomic E-state index is 9.83. The van der Waals surface area contributed by atoms with Crippen LogP contribution in [0.15, 0.2) is 53.5 Å². The summed E-state index contributed by atoms with van der Waals surface area (Å²) in [6, 6.07) is 14.8. The number of aromatic hydroxyl groups is 1. The summed E-state index contributed by atoms with van der Waals surface area (Å²) >= 11 is 8.77. The molecule has 1 N–H and O–H groups in total. The predicted molar refractivity (Wildman–Crippen MR) is 96.5 cm³/mol. The molecule has 0 radical (unpaired) electrons. The van der Waals surface area contributed by atoms with Crippen molar-refractivity contribution in [2.75, 3.05) is 0 Å². The second-order valence-electron chi connectivity index (χ2n) is 3.67. The molecule has 0 aliphatic carbocycles. The van der Waals surface area contributed by atoms with Crippen LogP contribution in [-0.2, 0) is 12.0 Å². The summed E-state index contributed by atoms with van der Waals surface area (Å²) in [6.07, 6.45) is 6.88. The van der Waals surface area contributed by atoms with E-state index in [1.54, 1.807) is 24.4 Å². The van der Waals surface area contributed by atoms with Crippen LogP contribution >= 0.6 is 39.1 Å². The quantitative estimate of drug-likeness (QED) is 0.334. The zero-order chi connectivity index (χ0) is 15.7. The summed E-state index contributed by atoms with van der Waals surface area (Å²) in [4.78, 5) is 4.26. The van der Waals surface area contributed by atoms with Crippen molar-refractivity contribution in [2.45, 2.75) is 0 Å². The molecule has 0 spiro atoms. The first-order valence-electron chi connectivity index (χ1n) is 5.69. The number of rotatable bonds is 2. The van der Waals surface area contributed by atoms with E-state index in [9.17, 15) is 5.11 Å². The molecule has 2 aromatic carbocycles. The van der Waals surface area contributed by atoms with Crippen LogP contribution < -0.4 is 0 Å². The topological polar surface area (TPSA) is 32.6 Å². The Balaban J connectivity index is 0.000000491. The van der Waals surface area contributed by atoms with Crippen molar-refractivity contribution in [3.05, 3.63) is 59.7 Å².